The van der Waals surface area contributed by atoms with Crippen molar-refractivity contribution >= 4 is 6.08 Å². The summed E-state index contributed by atoms with van der Waals surface area (Å²) < 4.78 is 5.89. The fourth-order valence-corrected chi connectivity index (χ4v) is 2.06. The summed E-state index contributed by atoms with van der Waals surface area (Å²) in [5.74, 6) is 0.983. The molecule has 2 N–H and O–H groups in total. The summed E-state index contributed by atoms with van der Waals surface area (Å²) in [4.78, 5) is 0. The maximum atomic E-state index is 5.89. The third-order valence-corrected chi connectivity index (χ3v) is 2.93. The van der Waals surface area contributed by atoms with Crippen molar-refractivity contribution in [2.75, 3.05) is 6.54 Å². The molecule has 1 fully saturated rings. The lowest BCUT2D eigenvalue weighted by Gasteiger charge is -2.12. The van der Waals surface area contributed by atoms with E-state index in [0.717, 1.165) is 5.75 Å². The highest BCUT2D eigenvalue weighted by atomic mass is 16.5. The lowest BCUT2D eigenvalue weighted by atomic mass is 10.2. The molecule has 2 nitrogen and oxygen atoms in total. The predicted octanol–water partition coefficient (Wildman–Crippen LogP) is 2.98. The van der Waals surface area contributed by atoms with Crippen LogP contribution in [0.1, 0.15) is 31.2 Å². The Bertz CT molecular complexity index is 336. The van der Waals surface area contributed by atoms with Crippen molar-refractivity contribution in [3.63, 3.8) is 0 Å². The molecule has 0 aromatic heterocycles. The molecule has 0 bridgehead atoms. The minimum atomic E-state index is 0.436. The zero-order valence-corrected chi connectivity index (χ0v) is 9.56. The Morgan fingerprint density at radius 1 is 1.19 bits per heavy atom. The van der Waals surface area contributed by atoms with Crippen LogP contribution in [0.15, 0.2) is 30.3 Å². The quantitative estimate of drug-likeness (QED) is 0.841. The van der Waals surface area contributed by atoms with Gasteiger partial charge in [-0.25, -0.2) is 0 Å². The van der Waals surface area contributed by atoms with Crippen LogP contribution in [0.4, 0.5) is 0 Å². The monoisotopic (exact) mass is 217 g/mol. The van der Waals surface area contributed by atoms with Gasteiger partial charge in [-0.2, -0.15) is 0 Å². The molecule has 1 aliphatic rings. The van der Waals surface area contributed by atoms with Gasteiger partial charge in [0.05, 0.1) is 6.10 Å². The van der Waals surface area contributed by atoms with Gasteiger partial charge in [-0.1, -0.05) is 24.3 Å². The smallest absolute Gasteiger partial charge is 0.119 e. The van der Waals surface area contributed by atoms with Crippen LogP contribution in [0.2, 0.25) is 0 Å². The largest absolute Gasteiger partial charge is 0.490 e. The maximum absolute atomic E-state index is 5.89. The Morgan fingerprint density at radius 2 is 1.88 bits per heavy atom. The molecule has 0 spiro atoms. The third-order valence-electron chi connectivity index (χ3n) is 2.93. The minimum Gasteiger partial charge on any atom is -0.490 e. The fourth-order valence-electron chi connectivity index (χ4n) is 2.06. The molecule has 0 aliphatic heterocycles. The lowest BCUT2D eigenvalue weighted by Crippen LogP contribution is -2.10. The van der Waals surface area contributed by atoms with Gasteiger partial charge in [0.1, 0.15) is 5.75 Å². The zero-order valence-electron chi connectivity index (χ0n) is 9.56. The number of hydrogen-bond donors (Lipinski definition) is 1. The average Bonchev–Trinajstić information content (AvgIpc) is 2.81. The van der Waals surface area contributed by atoms with Crippen LogP contribution in [0.5, 0.6) is 5.75 Å². The summed E-state index contributed by atoms with van der Waals surface area (Å²) >= 11 is 0. The van der Waals surface area contributed by atoms with Crippen molar-refractivity contribution < 1.29 is 4.74 Å². The van der Waals surface area contributed by atoms with E-state index in [4.69, 9.17) is 10.5 Å². The van der Waals surface area contributed by atoms with Gasteiger partial charge in [0.2, 0.25) is 0 Å². The molecular formula is C14H19NO. The van der Waals surface area contributed by atoms with Crippen LogP contribution in [0, 0.1) is 0 Å². The Hall–Kier alpha value is -1.28. The second kappa shape index (κ2) is 5.71. The molecule has 0 atom stereocenters. The highest BCUT2D eigenvalue weighted by molar-refractivity contribution is 5.50. The summed E-state index contributed by atoms with van der Waals surface area (Å²) in [5, 5.41) is 0. The molecule has 0 amide bonds. The van der Waals surface area contributed by atoms with Gasteiger partial charge in [-0.15, -0.1) is 0 Å². The molecule has 0 saturated heterocycles. The molecule has 2 heteroatoms. The van der Waals surface area contributed by atoms with Gasteiger partial charge in [-0.3, -0.25) is 0 Å². The van der Waals surface area contributed by atoms with E-state index < -0.39 is 0 Å². The topological polar surface area (TPSA) is 35.2 Å². The molecule has 0 heterocycles. The van der Waals surface area contributed by atoms with E-state index >= 15 is 0 Å². The molecule has 0 unspecified atom stereocenters. The number of rotatable bonds is 4. The van der Waals surface area contributed by atoms with E-state index in [9.17, 15) is 0 Å². The molecule has 1 aliphatic carbocycles. The normalized spacial score (nSPS) is 17.1. The van der Waals surface area contributed by atoms with Crippen LogP contribution in [-0.2, 0) is 0 Å². The van der Waals surface area contributed by atoms with E-state index in [1.807, 2.05) is 24.3 Å². The van der Waals surface area contributed by atoms with Gasteiger partial charge in [0.25, 0.3) is 0 Å². The molecule has 1 aromatic carbocycles. The van der Waals surface area contributed by atoms with E-state index in [1.165, 1.54) is 31.2 Å². The molecule has 2 rings (SSSR count). The van der Waals surface area contributed by atoms with Gasteiger partial charge < -0.3 is 10.5 Å². The second-order valence-corrected chi connectivity index (χ2v) is 4.23. The van der Waals surface area contributed by atoms with E-state index in [0.29, 0.717) is 12.6 Å². The van der Waals surface area contributed by atoms with Crippen molar-refractivity contribution in [2.24, 2.45) is 5.73 Å². The standard InChI is InChI=1S/C14H19NO/c15-11-3-4-12-7-9-14(10-8-12)16-13-5-1-2-6-13/h3-4,7-10,13H,1-2,5-6,11,15H2/b4-3+. The number of nitrogens with two attached hydrogens (primary N) is 1. The van der Waals surface area contributed by atoms with Gasteiger partial charge in [0, 0.05) is 6.54 Å². The molecule has 1 aromatic rings. The molecular weight excluding hydrogens is 198 g/mol. The molecule has 16 heavy (non-hydrogen) atoms. The minimum absolute atomic E-state index is 0.436. The number of ether oxygens (including phenoxy) is 1. The van der Waals surface area contributed by atoms with Gasteiger partial charge in [-0.05, 0) is 43.4 Å². The first kappa shape index (κ1) is 11.2. The van der Waals surface area contributed by atoms with Crippen LogP contribution >= 0.6 is 0 Å². The van der Waals surface area contributed by atoms with Gasteiger partial charge in [0.15, 0.2) is 0 Å². The van der Waals surface area contributed by atoms with Crippen molar-refractivity contribution in [3.8, 4) is 5.75 Å². The Balaban J connectivity index is 1.93. The maximum Gasteiger partial charge on any atom is 0.119 e. The van der Waals surface area contributed by atoms with Crippen LogP contribution in [0.25, 0.3) is 6.08 Å². The van der Waals surface area contributed by atoms with Gasteiger partial charge >= 0.3 is 0 Å². The molecule has 1 saturated carbocycles. The molecule has 0 radical (unpaired) electrons. The lowest BCUT2D eigenvalue weighted by molar-refractivity contribution is 0.210. The van der Waals surface area contributed by atoms with Crippen molar-refractivity contribution in [1.29, 1.82) is 0 Å². The zero-order chi connectivity index (χ0) is 11.2. The number of benzene rings is 1. The SMILES string of the molecule is NC/C=C/c1ccc(OC2CCCC2)cc1. The Morgan fingerprint density at radius 3 is 2.50 bits per heavy atom. The van der Waals surface area contributed by atoms with Crippen LogP contribution in [0.3, 0.4) is 0 Å². The first-order valence-electron chi connectivity index (χ1n) is 6.02. The summed E-state index contributed by atoms with van der Waals surface area (Å²) in [6.07, 6.45) is 9.44. The summed E-state index contributed by atoms with van der Waals surface area (Å²) in [6.45, 7) is 0.584. The van der Waals surface area contributed by atoms with E-state index in [1.54, 1.807) is 0 Å². The fraction of sp³-hybridized carbons (Fsp3) is 0.429. The predicted molar refractivity (Wildman–Crippen MR) is 67.4 cm³/mol. The first-order chi connectivity index (χ1) is 7.88. The molecule has 86 valence electrons. The summed E-state index contributed by atoms with van der Waals surface area (Å²) in [6, 6.07) is 8.20. The Kier molecular flexibility index (Phi) is 4.00. The highest BCUT2D eigenvalue weighted by Crippen LogP contribution is 2.24. The summed E-state index contributed by atoms with van der Waals surface area (Å²) in [5.41, 5.74) is 6.57. The second-order valence-electron chi connectivity index (χ2n) is 4.23. The number of hydrogen-bond acceptors (Lipinski definition) is 2. The first-order valence-corrected chi connectivity index (χ1v) is 6.02. The van der Waals surface area contributed by atoms with E-state index in [-0.39, 0.29) is 0 Å². The van der Waals surface area contributed by atoms with Crippen LogP contribution < -0.4 is 10.5 Å². The summed E-state index contributed by atoms with van der Waals surface area (Å²) in [7, 11) is 0. The van der Waals surface area contributed by atoms with Crippen molar-refractivity contribution in [1.82, 2.24) is 0 Å². The average molecular weight is 217 g/mol. The highest BCUT2D eigenvalue weighted by Gasteiger charge is 2.15. The van der Waals surface area contributed by atoms with Crippen LogP contribution in [-0.4, -0.2) is 12.6 Å². The van der Waals surface area contributed by atoms with E-state index in [2.05, 4.69) is 12.1 Å². The van der Waals surface area contributed by atoms with Crippen molar-refractivity contribution in [2.45, 2.75) is 31.8 Å². The van der Waals surface area contributed by atoms with Crippen molar-refractivity contribution in [3.05, 3.63) is 35.9 Å². The Labute approximate surface area is 97.1 Å². The third kappa shape index (κ3) is 3.11.